The van der Waals surface area contributed by atoms with E-state index < -0.39 is 4.75 Å². The molecule has 0 aromatic carbocycles. The summed E-state index contributed by atoms with van der Waals surface area (Å²) in [6.45, 7) is 3.47. The molecule has 0 unspecified atom stereocenters. The summed E-state index contributed by atoms with van der Waals surface area (Å²) in [4.78, 5) is 9.58. The molecule has 1 N–H and O–H groups in total. The van der Waals surface area contributed by atoms with Crippen molar-refractivity contribution in [3.8, 4) is 0 Å². The third kappa shape index (κ3) is 2.98. The fourth-order valence-electron chi connectivity index (χ4n) is 0.130. The second-order valence-corrected chi connectivity index (χ2v) is 3.52. The van der Waals surface area contributed by atoms with Crippen LogP contribution in [0.15, 0.2) is 4.58 Å². The van der Waals surface area contributed by atoms with Crippen LogP contribution >= 0.6 is 11.9 Å². The van der Waals surface area contributed by atoms with Gasteiger partial charge in [-0.25, -0.2) is 0 Å². The lowest BCUT2D eigenvalue weighted by Crippen LogP contribution is -2.18. The normalized spacial score (nSPS) is 11.4. The van der Waals surface area contributed by atoms with Crippen LogP contribution in [0.5, 0.6) is 0 Å². The summed E-state index contributed by atoms with van der Waals surface area (Å²) >= 11 is 0.853. The van der Waals surface area contributed by atoms with E-state index in [-0.39, 0.29) is 6.61 Å². The Morgan fingerprint density at radius 2 is 2.25 bits per heavy atom. The molecule has 8 heavy (non-hydrogen) atoms. The zero-order valence-electron chi connectivity index (χ0n) is 4.92. The van der Waals surface area contributed by atoms with Crippen molar-refractivity contribution in [1.29, 1.82) is 0 Å². The molecule has 0 saturated carbocycles. The van der Waals surface area contributed by atoms with Crippen LogP contribution in [-0.2, 0) is 0 Å². The zero-order valence-corrected chi connectivity index (χ0v) is 5.73. The summed E-state index contributed by atoms with van der Waals surface area (Å²) in [7, 11) is 0. The minimum Gasteiger partial charge on any atom is -0.395 e. The molecule has 0 amide bonds. The Morgan fingerprint density at radius 1 is 1.75 bits per heavy atom. The largest absolute Gasteiger partial charge is 0.395 e. The third-order valence-corrected chi connectivity index (χ3v) is 1.36. The van der Waals surface area contributed by atoms with Gasteiger partial charge < -0.3 is 5.11 Å². The van der Waals surface area contributed by atoms with E-state index in [9.17, 15) is 4.91 Å². The Kier molecular flexibility index (Phi) is 3.01. The molecule has 0 heterocycles. The van der Waals surface area contributed by atoms with E-state index in [4.69, 9.17) is 5.11 Å². The Bertz CT molecular complexity index is 84.1. The van der Waals surface area contributed by atoms with Gasteiger partial charge in [-0.3, -0.25) is 0 Å². The Hall–Kier alpha value is -0.0900. The second kappa shape index (κ2) is 3.04. The fourth-order valence-corrected chi connectivity index (χ4v) is 0.389. The summed E-state index contributed by atoms with van der Waals surface area (Å²) in [5, 5.41) is 8.51. The molecule has 0 spiro atoms. The van der Waals surface area contributed by atoms with Crippen molar-refractivity contribution in [3.05, 3.63) is 4.91 Å². The van der Waals surface area contributed by atoms with Crippen molar-refractivity contribution in [1.82, 2.24) is 0 Å². The standard InChI is InChI=1S/C4H9NO2S/c1-4(2,3-6)8-5-7/h6H,3H2,1-2H3. The van der Waals surface area contributed by atoms with Gasteiger partial charge in [-0.1, -0.05) is 0 Å². The van der Waals surface area contributed by atoms with E-state index in [1.165, 1.54) is 0 Å². The van der Waals surface area contributed by atoms with Crippen LogP contribution < -0.4 is 0 Å². The summed E-state index contributed by atoms with van der Waals surface area (Å²) in [6, 6.07) is 0. The van der Waals surface area contributed by atoms with Gasteiger partial charge in [0, 0.05) is 16.5 Å². The summed E-state index contributed by atoms with van der Waals surface area (Å²) in [5.74, 6) is 0. The third-order valence-electron chi connectivity index (χ3n) is 0.665. The average molecular weight is 135 g/mol. The fraction of sp³-hybridized carbons (Fsp3) is 1.00. The summed E-state index contributed by atoms with van der Waals surface area (Å²) < 4.78 is 2.17. The molecule has 0 aromatic heterocycles. The highest BCUT2D eigenvalue weighted by Gasteiger charge is 2.17. The van der Waals surface area contributed by atoms with Gasteiger partial charge in [0.1, 0.15) is 0 Å². The number of hydrogen-bond donors (Lipinski definition) is 1. The molecule has 0 rings (SSSR count). The van der Waals surface area contributed by atoms with Gasteiger partial charge in [-0.2, -0.15) is 0 Å². The minimum atomic E-state index is -0.415. The lowest BCUT2D eigenvalue weighted by Gasteiger charge is -2.13. The van der Waals surface area contributed by atoms with E-state index in [0.29, 0.717) is 0 Å². The number of aliphatic hydroxyl groups excluding tert-OH is 1. The smallest absolute Gasteiger partial charge is 0.0592 e. The van der Waals surface area contributed by atoms with Crippen LogP contribution in [0.2, 0.25) is 0 Å². The number of hydrogen-bond acceptors (Lipinski definition) is 4. The first-order valence-electron chi connectivity index (χ1n) is 2.24. The Morgan fingerprint density at radius 3 is 2.38 bits per heavy atom. The number of aliphatic hydroxyl groups is 1. The topological polar surface area (TPSA) is 49.7 Å². The highest BCUT2D eigenvalue weighted by molar-refractivity contribution is 7.99. The van der Waals surface area contributed by atoms with Crippen molar-refractivity contribution in [2.75, 3.05) is 6.61 Å². The zero-order chi connectivity index (χ0) is 6.62. The van der Waals surface area contributed by atoms with Crippen molar-refractivity contribution in [3.63, 3.8) is 0 Å². The Balaban J connectivity index is 3.53. The number of rotatable bonds is 3. The highest BCUT2D eigenvalue weighted by Crippen LogP contribution is 2.23. The van der Waals surface area contributed by atoms with E-state index in [0.717, 1.165) is 11.9 Å². The van der Waals surface area contributed by atoms with Crippen LogP contribution in [0.4, 0.5) is 0 Å². The van der Waals surface area contributed by atoms with Crippen molar-refractivity contribution < 1.29 is 5.11 Å². The summed E-state index contributed by atoms with van der Waals surface area (Å²) in [6.07, 6.45) is 0. The van der Waals surface area contributed by atoms with Gasteiger partial charge in [0.25, 0.3) is 0 Å². The van der Waals surface area contributed by atoms with Gasteiger partial charge in [-0.05, 0) is 13.8 Å². The molecule has 0 bridgehead atoms. The molecular formula is C4H9NO2S. The molecule has 0 fully saturated rings. The highest BCUT2D eigenvalue weighted by atomic mass is 32.2. The molecule has 4 heteroatoms. The predicted molar refractivity (Wildman–Crippen MR) is 34.6 cm³/mol. The van der Waals surface area contributed by atoms with Crippen LogP contribution in [-0.4, -0.2) is 16.5 Å². The van der Waals surface area contributed by atoms with Crippen LogP contribution in [0.25, 0.3) is 0 Å². The molecular weight excluding hydrogens is 126 g/mol. The molecule has 0 aromatic rings. The lowest BCUT2D eigenvalue weighted by molar-refractivity contribution is 0.265. The van der Waals surface area contributed by atoms with E-state index in [1.807, 2.05) is 0 Å². The molecule has 0 aliphatic heterocycles. The molecule has 0 aliphatic rings. The molecule has 48 valence electrons. The average Bonchev–Trinajstić information content (AvgIpc) is 1.67. The second-order valence-electron chi connectivity index (χ2n) is 2.08. The maximum absolute atomic E-state index is 9.58. The SMILES string of the molecule is CC(C)(CO)SN=O. The number of nitroso groups, excluding NO2 is 1. The van der Waals surface area contributed by atoms with Crippen LogP contribution in [0.3, 0.4) is 0 Å². The molecule has 0 atom stereocenters. The maximum atomic E-state index is 9.58. The first-order valence-corrected chi connectivity index (χ1v) is 3.01. The van der Waals surface area contributed by atoms with Crippen LogP contribution in [0, 0.1) is 4.91 Å². The van der Waals surface area contributed by atoms with Crippen molar-refractivity contribution >= 4 is 11.9 Å². The molecule has 0 saturated heterocycles. The lowest BCUT2D eigenvalue weighted by atomic mass is 10.2. The van der Waals surface area contributed by atoms with E-state index >= 15 is 0 Å². The number of nitrogens with zero attached hydrogens (tertiary/aromatic N) is 1. The van der Waals surface area contributed by atoms with Gasteiger partial charge in [0.2, 0.25) is 0 Å². The van der Waals surface area contributed by atoms with Crippen LogP contribution in [0.1, 0.15) is 13.8 Å². The van der Waals surface area contributed by atoms with E-state index in [1.54, 1.807) is 13.8 Å². The summed E-state index contributed by atoms with van der Waals surface area (Å²) in [5.41, 5.74) is 0. The van der Waals surface area contributed by atoms with Gasteiger partial charge in [-0.15, -0.1) is 4.91 Å². The maximum Gasteiger partial charge on any atom is 0.0592 e. The van der Waals surface area contributed by atoms with Gasteiger partial charge in [0.15, 0.2) is 0 Å². The predicted octanol–water partition coefficient (Wildman–Crippen LogP) is 1.17. The quantitative estimate of drug-likeness (QED) is 0.467. The first kappa shape index (κ1) is 7.91. The van der Waals surface area contributed by atoms with E-state index in [2.05, 4.69) is 4.58 Å². The molecule has 0 aliphatic carbocycles. The van der Waals surface area contributed by atoms with Gasteiger partial charge >= 0.3 is 0 Å². The van der Waals surface area contributed by atoms with Crippen molar-refractivity contribution in [2.45, 2.75) is 18.6 Å². The minimum absolute atomic E-state index is 0.0244. The Labute approximate surface area is 52.6 Å². The molecule has 0 radical (unpaired) electrons. The monoisotopic (exact) mass is 135 g/mol. The van der Waals surface area contributed by atoms with Crippen molar-refractivity contribution in [2.24, 2.45) is 4.58 Å². The van der Waals surface area contributed by atoms with Gasteiger partial charge in [0.05, 0.1) is 11.4 Å². The molecule has 3 nitrogen and oxygen atoms in total. The first-order chi connectivity index (χ1) is 3.62.